The third-order valence-electron chi connectivity index (χ3n) is 4.76. The van der Waals surface area contributed by atoms with Gasteiger partial charge in [-0.25, -0.2) is 0 Å². The zero-order valence-corrected chi connectivity index (χ0v) is 18.3. The summed E-state index contributed by atoms with van der Waals surface area (Å²) < 4.78 is 0. The van der Waals surface area contributed by atoms with E-state index in [1.165, 1.54) is 70.6 Å². The largest absolute Gasteiger partial charge is 0.371 e. The van der Waals surface area contributed by atoms with Gasteiger partial charge in [-0.15, -0.1) is 12.4 Å². The second-order valence-electron chi connectivity index (χ2n) is 7.51. The van der Waals surface area contributed by atoms with Crippen LogP contribution in [0.15, 0.2) is 12.2 Å². The molecule has 0 heterocycles. The molecule has 0 radical (unpaired) electrons. The lowest BCUT2D eigenvalue weighted by Gasteiger charge is -2.22. The average Bonchev–Trinajstić information content (AvgIpc) is 2.58. The predicted molar refractivity (Wildman–Crippen MR) is 116 cm³/mol. The molecule has 3 nitrogen and oxygen atoms in total. The lowest BCUT2D eigenvalue weighted by atomic mass is 10.1. The minimum atomic E-state index is -1.06. The smallest absolute Gasteiger partial charge is 0.222 e. The maximum absolute atomic E-state index is 11.7. The lowest BCUT2D eigenvalue weighted by Crippen LogP contribution is -2.45. The van der Waals surface area contributed by atoms with Crippen LogP contribution in [0.3, 0.4) is 0 Å². The fourth-order valence-electron chi connectivity index (χ4n) is 2.81. The third-order valence-corrected chi connectivity index (χ3v) is 4.76. The van der Waals surface area contributed by atoms with Gasteiger partial charge in [-0.3, -0.25) is 4.79 Å². The first kappa shape index (κ1) is 27.7. The summed E-state index contributed by atoms with van der Waals surface area (Å²) in [7, 11) is 0. The van der Waals surface area contributed by atoms with Crippen molar-refractivity contribution in [3.63, 3.8) is 0 Å². The highest BCUT2D eigenvalue weighted by molar-refractivity contribution is 5.85. The van der Waals surface area contributed by atoms with Crippen LogP contribution in [0.2, 0.25) is 0 Å². The van der Waals surface area contributed by atoms with Crippen molar-refractivity contribution < 1.29 is 9.90 Å². The van der Waals surface area contributed by atoms with Crippen molar-refractivity contribution in [2.75, 3.05) is 0 Å². The van der Waals surface area contributed by atoms with Crippen LogP contribution >= 0.6 is 12.4 Å². The Morgan fingerprint density at radius 2 is 1.31 bits per heavy atom. The Kier molecular flexibility index (Phi) is 20.5. The standard InChI is InChI=1S/C22H43NO2.ClH/c1-4-6-7-8-9-10-11-12-13-14-15-16-17-18-19-20-21(24)23-22(3,25)5-2;/h12-13,25H,4-11,14-20H2,1-3H3,(H,23,24);1H/b13-12-;. The number of hydrogen-bond acceptors (Lipinski definition) is 2. The Balaban J connectivity index is 0. The number of allylic oxidation sites excluding steroid dienone is 2. The van der Waals surface area contributed by atoms with Gasteiger partial charge in [0.25, 0.3) is 0 Å². The van der Waals surface area contributed by atoms with Crippen LogP contribution in [0, 0.1) is 0 Å². The number of unbranched alkanes of at least 4 members (excludes halogenated alkanes) is 11. The summed E-state index contributed by atoms with van der Waals surface area (Å²) in [5, 5.41) is 12.4. The molecule has 0 bridgehead atoms. The highest BCUT2D eigenvalue weighted by Crippen LogP contribution is 2.10. The summed E-state index contributed by atoms with van der Waals surface area (Å²) in [5.41, 5.74) is -1.06. The monoisotopic (exact) mass is 389 g/mol. The molecule has 1 amide bonds. The molecular formula is C22H44ClNO2. The molecule has 0 rings (SSSR count). The molecular weight excluding hydrogens is 346 g/mol. The number of hydrogen-bond donors (Lipinski definition) is 2. The van der Waals surface area contributed by atoms with E-state index in [0.717, 1.165) is 12.8 Å². The van der Waals surface area contributed by atoms with Crippen LogP contribution < -0.4 is 5.32 Å². The predicted octanol–water partition coefficient (Wildman–Crippen LogP) is 6.68. The molecule has 2 N–H and O–H groups in total. The van der Waals surface area contributed by atoms with Gasteiger partial charge in [-0.2, -0.15) is 0 Å². The van der Waals surface area contributed by atoms with Crippen molar-refractivity contribution in [3.8, 4) is 0 Å². The normalized spacial score (nSPS) is 13.4. The molecule has 26 heavy (non-hydrogen) atoms. The van der Waals surface area contributed by atoms with Crippen LogP contribution in [0.1, 0.15) is 117 Å². The van der Waals surface area contributed by atoms with Crippen LogP contribution in [-0.4, -0.2) is 16.7 Å². The van der Waals surface area contributed by atoms with Gasteiger partial charge in [0, 0.05) is 6.42 Å². The average molecular weight is 390 g/mol. The summed E-state index contributed by atoms with van der Waals surface area (Å²) in [6.45, 7) is 5.77. The number of halogens is 1. The molecule has 4 heteroatoms. The van der Waals surface area contributed by atoms with Crippen LogP contribution in [-0.2, 0) is 4.79 Å². The highest BCUT2D eigenvalue weighted by Gasteiger charge is 2.19. The Morgan fingerprint density at radius 1 is 0.846 bits per heavy atom. The number of amides is 1. The maximum atomic E-state index is 11.7. The number of carbonyl (C=O) groups excluding carboxylic acids is 1. The van der Waals surface area contributed by atoms with Crippen molar-refractivity contribution in [1.29, 1.82) is 0 Å². The van der Waals surface area contributed by atoms with Crippen molar-refractivity contribution in [2.24, 2.45) is 0 Å². The van der Waals surface area contributed by atoms with E-state index in [4.69, 9.17) is 0 Å². The van der Waals surface area contributed by atoms with Crippen molar-refractivity contribution in [3.05, 3.63) is 12.2 Å². The van der Waals surface area contributed by atoms with Gasteiger partial charge in [-0.05, 0) is 45.4 Å². The Morgan fingerprint density at radius 3 is 1.81 bits per heavy atom. The Bertz CT molecular complexity index is 343. The molecule has 0 fully saturated rings. The molecule has 0 aromatic rings. The summed E-state index contributed by atoms with van der Waals surface area (Å²) in [4.78, 5) is 11.7. The first-order valence-corrected chi connectivity index (χ1v) is 10.7. The van der Waals surface area contributed by atoms with E-state index >= 15 is 0 Å². The van der Waals surface area contributed by atoms with E-state index in [1.54, 1.807) is 6.92 Å². The number of nitrogens with one attached hydrogen (secondary N) is 1. The van der Waals surface area contributed by atoms with Crippen LogP contribution in [0.4, 0.5) is 0 Å². The molecule has 0 aliphatic rings. The molecule has 0 saturated heterocycles. The molecule has 0 spiro atoms. The highest BCUT2D eigenvalue weighted by atomic mass is 35.5. The SMILES string of the molecule is CCCCCCCC/C=C\CCCCCCCC(=O)NC(C)(O)CC.Cl. The van der Waals surface area contributed by atoms with Crippen molar-refractivity contribution in [1.82, 2.24) is 5.32 Å². The minimum absolute atomic E-state index is 0. The fourth-order valence-corrected chi connectivity index (χ4v) is 2.81. The van der Waals surface area contributed by atoms with Gasteiger partial charge in [0.05, 0.1) is 0 Å². The zero-order valence-electron chi connectivity index (χ0n) is 17.5. The van der Waals surface area contributed by atoms with Gasteiger partial charge in [-0.1, -0.05) is 77.4 Å². The van der Waals surface area contributed by atoms with E-state index < -0.39 is 5.72 Å². The molecule has 1 unspecified atom stereocenters. The minimum Gasteiger partial charge on any atom is -0.371 e. The molecule has 0 aliphatic heterocycles. The van der Waals surface area contributed by atoms with E-state index in [9.17, 15) is 9.90 Å². The quantitative estimate of drug-likeness (QED) is 0.165. The summed E-state index contributed by atoms with van der Waals surface area (Å²) in [5.74, 6) is -0.0375. The van der Waals surface area contributed by atoms with E-state index in [-0.39, 0.29) is 18.3 Å². The van der Waals surface area contributed by atoms with Gasteiger partial charge >= 0.3 is 0 Å². The summed E-state index contributed by atoms with van der Waals surface area (Å²) in [6.07, 6.45) is 22.1. The van der Waals surface area contributed by atoms with Gasteiger partial charge < -0.3 is 10.4 Å². The van der Waals surface area contributed by atoms with Gasteiger partial charge in [0.15, 0.2) is 0 Å². The first-order chi connectivity index (χ1) is 12.0. The van der Waals surface area contributed by atoms with Crippen molar-refractivity contribution >= 4 is 18.3 Å². The zero-order chi connectivity index (χ0) is 18.8. The number of carbonyl (C=O) groups is 1. The molecule has 0 aromatic carbocycles. The van der Waals surface area contributed by atoms with E-state index in [1.807, 2.05) is 6.92 Å². The second-order valence-corrected chi connectivity index (χ2v) is 7.51. The summed E-state index contributed by atoms with van der Waals surface area (Å²) >= 11 is 0. The van der Waals surface area contributed by atoms with Gasteiger partial charge in [0.2, 0.25) is 5.91 Å². The molecule has 0 aromatic heterocycles. The number of rotatable bonds is 17. The lowest BCUT2D eigenvalue weighted by molar-refractivity contribution is -0.128. The Labute approximate surface area is 168 Å². The molecule has 0 aliphatic carbocycles. The number of aliphatic hydroxyl groups is 1. The van der Waals surface area contributed by atoms with Gasteiger partial charge in [0.1, 0.15) is 5.72 Å². The maximum Gasteiger partial charge on any atom is 0.222 e. The Hall–Kier alpha value is -0.540. The second kappa shape index (κ2) is 19.2. The van der Waals surface area contributed by atoms with Crippen LogP contribution in [0.5, 0.6) is 0 Å². The fraction of sp³-hybridized carbons (Fsp3) is 0.864. The van der Waals surface area contributed by atoms with Crippen LogP contribution in [0.25, 0.3) is 0 Å². The van der Waals surface area contributed by atoms with E-state index in [0.29, 0.717) is 12.8 Å². The van der Waals surface area contributed by atoms with E-state index in [2.05, 4.69) is 24.4 Å². The first-order valence-electron chi connectivity index (χ1n) is 10.7. The third kappa shape index (κ3) is 19.8. The molecule has 156 valence electrons. The summed E-state index contributed by atoms with van der Waals surface area (Å²) in [6, 6.07) is 0. The topological polar surface area (TPSA) is 49.3 Å². The van der Waals surface area contributed by atoms with Crippen molar-refractivity contribution in [2.45, 2.75) is 123 Å². The molecule has 1 atom stereocenters. The molecule has 0 saturated carbocycles.